The molecule has 3 unspecified atom stereocenters. The van der Waals surface area contributed by atoms with Gasteiger partial charge in [-0.2, -0.15) is 11.8 Å². The van der Waals surface area contributed by atoms with Gasteiger partial charge in [0, 0.05) is 29.5 Å². The summed E-state index contributed by atoms with van der Waals surface area (Å²) in [5.41, 5.74) is 6.57. The van der Waals surface area contributed by atoms with E-state index in [-0.39, 0.29) is 11.6 Å². The van der Waals surface area contributed by atoms with E-state index >= 15 is 0 Å². The number of rotatable bonds is 2. The van der Waals surface area contributed by atoms with E-state index in [0.717, 1.165) is 30.2 Å². The Balaban J connectivity index is 1.72. The first kappa shape index (κ1) is 12.9. The second-order valence-corrected chi connectivity index (χ2v) is 7.77. The van der Waals surface area contributed by atoms with E-state index < -0.39 is 0 Å². The summed E-state index contributed by atoms with van der Waals surface area (Å²) in [6.07, 6.45) is 5.36. The molecule has 2 N–H and O–H groups in total. The van der Waals surface area contributed by atoms with Gasteiger partial charge in [-0.25, -0.2) is 4.98 Å². The fourth-order valence-electron chi connectivity index (χ4n) is 3.00. The Bertz CT molecular complexity index is 415. The molecule has 18 heavy (non-hydrogen) atoms. The van der Waals surface area contributed by atoms with E-state index in [2.05, 4.69) is 4.98 Å². The standard InChI is InChI=1S/C13H20N2OS2/c1-9-15-7-11(18-9)12(14)10-2-4-16-13(6-10)3-5-17-8-13/h7,10,12H,2-6,8,14H2,1H3. The molecule has 0 radical (unpaired) electrons. The number of nitrogens with zero attached hydrogens (tertiary/aromatic N) is 1. The minimum Gasteiger partial charge on any atom is -0.374 e. The molecular formula is C13H20N2OS2. The highest BCUT2D eigenvalue weighted by Gasteiger charge is 2.42. The van der Waals surface area contributed by atoms with Gasteiger partial charge >= 0.3 is 0 Å². The van der Waals surface area contributed by atoms with Gasteiger partial charge in [-0.1, -0.05) is 0 Å². The third kappa shape index (κ3) is 2.46. The normalized spacial score (nSPS) is 34.0. The maximum Gasteiger partial charge on any atom is 0.0897 e. The van der Waals surface area contributed by atoms with Crippen molar-refractivity contribution in [3.63, 3.8) is 0 Å². The molecule has 3 nitrogen and oxygen atoms in total. The van der Waals surface area contributed by atoms with Crippen molar-refractivity contribution in [2.75, 3.05) is 18.1 Å². The lowest BCUT2D eigenvalue weighted by Crippen LogP contribution is -2.42. The van der Waals surface area contributed by atoms with Gasteiger partial charge in [0.05, 0.1) is 10.6 Å². The first-order valence-electron chi connectivity index (χ1n) is 6.58. The second-order valence-electron chi connectivity index (χ2n) is 5.39. The van der Waals surface area contributed by atoms with Crippen LogP contribution in [0.25, 0.3) is 0 Å². The third-order valence-electron chi connectivity index (χ3n) is 4.07. The molecule has 2 aliphatic heterocycles. The monoisotopic (exact) mass is 284 g/mol. The van der Waals surface area contributed by atoms with Gasteiger partial charge in [-0.05, 0) is 37.9 Å². The smallest absolute Gasteiger partial charge is 0.0897 e. The topological polar surface area (TPSA) is 48.1 Å². The molecule has 0 aromatic carbocycles. The average molecular weight is 284 g/mol. The predicted molar refractivity (Wildman–Crippen MR) is 77.1 cm³/mol. The SMILES string of the molecule is Cc1ncc(C(N)C2CCOC3(CCSC3)C2)s1. The Hall–Kier alpha value is -0.100. The van der Waals surface area contributed by atoms with E-state index in [4.69, 9.17) is 10.5 Å². The van der Waals surface area contributed by atoms with Crippen LogP contribution in [0.4, 0.5) is 0 Å². The van der Waals surface area contributed by atoms with Crippen molar-refractivity contribution in [2.24, 2.45) is 11.7 Å². The van der Waals surface area contributed by atoms with Crippen LogP contribution in [0.3, 0.4) is 0 Å². The molecular weight excluding hydrogens is 264 g/mol. The molecule has 1 aromatic heterocycles. The molecule has 2 saturated heterocycles. The minimum atomic E-state index is 0.130. The van der Waals surface area contributed by atoms with E-state index in [1.54, 1.807) is 11.3 Å². The highest BCUT2D eigenvalue weighted by Crippen LogP contribution is 2.43. The number of ether oxygens (including phenoxy) is 1. The molecule has 3 atom stereocenters. The largest absolute Gasteiger partial charge is 0.374 e. The van der Waals surface area contributed by atoms with Crippen LogP contribution in [0.5, 0.6) is 0 Å². The third-order valence-corrected chi connectivity index (χ3v) is 6.31. The van der Waals surface area contributed by atoms with E-state index in [0.29, 0.717) is 5.92 Å². The zero-order chi connectivity index (χ0) is 12.6. The van der Waals surface area contributed by atoms with Gasteiger partial charge in [-0.15, -0.1) is 11.3 Å². The van der Waals surface area contributed by atoms with Gasteiger partial charge in [-0.3, -0.25) is 0 Å². The lowest BCUT2D eigenvalue weighted by Gasteiger charge is -2.39. The molecule has 0 saturated carbocycles. The number of thiazole rings is 1. The number of thioether (sulfide) groups is 1. The van der Waals surface area contributed by atoms with Gasteiger partial charge in [0.1, 0.15) is 0 Å². The molecule has 0 aliphatic carbocycles. The van der Waals surface area contributed by atoms with E-state index in [9.17, 15) is 0 Å². The van der Waals surface area contributed by atoms with Crippen LogP contribution >= 0.6 is 23.1 Å². The minimum absolute atomic E-state index is 0.130. The fourth-order valence-corrected chi connectivity index (χ4v) is 5.26. The highest BCUT2D eigenvalue weighted by molar-refractivity contribution is 7.99. The molecule has 2 fully saturated rings. The summed E-state index contributed by atoms with van der Waals surface area (Å²) in [6.45, 7) is 2.91. The molecule has 0 amide bonds. The van der Waals surface area contributed by atoms with Crippen LogP contribution in [0.2, 0.25) is 0 Å². The summed E-state index contributed by atoms with van der Waals surface area (Å²) >= 11 is 3.76. The molecule has 5 heteroatoms. The number of aromatic nitrogens is 1. The molecule has 100 valence electrons. The van der Waals surface area contributed by atoms with Crippen LogP contribution in [-0.2, 0) is 4.74 Å². The molecule has 1 aromatic rings. The summed E-state index contributed by atoms with van der Waals surface area (Å²) in [6, 6.07) is 0.141. The van der Waals surface area contributed by atoms with Crippen LogP contribution < -0.4 is 5.73 Å². The van der Waals surface area contributed by atoms with Crippen molar-refractivity contribution in [3.05, 3.63) is 16.1 Å². The average Bonchev–Trinajstić information content (AvgIpc) is 2.98. The Morgan fingerprint density at radius 3 is 3.17 bits per heavy atom. The Kier molecular flexibility index (Phi) is 3.67. The summed E-state index contributed by atoms with van der Waals surface area (Å²) in [7, 11) is 0. The first-order valence-corrected chi connectivity index (χ1v) is 8.55. The van der Waals surface area contributed by atoms with Gasteiger partial charge in [0.15, 0.2) is 0 Å². The van der Waals surface area contributed by atoms with Crippen molar-refractivity contribution < 1.29 is 4.74 Å². The predicted octanol–water partition coefficient (Wildman–Crippen LogP) is 2.75. The zero-order valence-electron chi connectivity index (χ0n) is 10.7. The van der Waals surface area contributed by atoms with Crippen molar-refractivity contribution in [1.82, 2.24) is 4.98 Å². The van der Waals surface area contributed by atoms with Crippen molar-refractivity contribution in [3.8, 4) is 0 Å². The van der Waals surface area contributed by atoms with Crippen molar-refractivity contribution >= 4 is 23.1 Å². The quantitative estimate of drug-likeness (QED) is 0.907. The van der Waals surface area contributed by atoms with Gasteiger partial charge < -0.3 is 10.5 Å². The van der Waals surface area contributed by atoms with Crippen LogP contribution in [0.1, 0.15) is 35.2 Å². The molecule has 1 spiro atoms. The summed E-state index contributed by atoms with van der Waals surface area (Å²) in [4.78, 5) is 5.56. The van der Waals surface area contributed by atoms with Crippen LogP contribution in [0.15, 0.2) is 6.20 Å². The lowest BCUT2D eigenvalue weighted by atomic mass is 9.81. The van der Waals surface area contributed by atoms with Crippen LogP contribution in [-0.4, -0.2) is 28.7 Å². The fraction of sp³-hybridized carbons (Fsp3) is 0.769. The highest BCUT2D eigenvalue weighted by atomic mass is 32.2. The second kappa shape index (κ2) is 5.12. The Labute approximate surface area is 117 Å². The van der Waals surface area contributed by atoms with Crippen LogP contribution in [0, 0.1) is 12.8 Å². The van der Waals surface area contributed by atoms with Gasteiger partial charge in [0.2, 0.25) is 0 Å². The number of aryl methyl sites for hydroxylation is 1. The Morgan fingerprint density at radius 1 is 1.61 bits per heavy atom. The zero-order valence-corrected chi connectivity index (χ0v) is 12.4. The lowest BCUT2D eigenvalue weighted by molar-refractivity contribution is -0.0832. The van der Waals surface area contributed by atoms with E-state index in [1.807, 2.05) is 24.9 Å². The summed E-state index contributed by atoms with van der Waals surface area (Å²) in [5, 5.41) is 1.11. The molecule has 3 heterocycles. The number of hydrogen-bond acceptors (Lipinski definition) is 5. The summed E-state index contributed by atoms with van der Waals surface area (Å²) in [5.74, 6) is 2.94. The van der Waals surface area contributed by atoms with Gasteiger partial charge in [0.25, 0.3) is 0 Å². The Morgan fingerprint density at radius 2 is 2.50 bits per heavy atom. The first-order chi connectivity index (χ1) is 8.69. The molecule has 0 bridgehead atoms. The van der Waals surface area contributed by atoms with E-state index in [1.165, 1.54) is 17.1 Å². The number of hydrogen-bond donors (Lipinski definition) is 1. The number of nitrogens with two attached hydrogens (primary N) is 1. The maximum absolute atomic E-state index is 6.44. The molecule has 2 aliphatic rings. The van der Waals surface area contributed by atoms with Crippen molar-refractivity contribution in [1.29, 1.82) is 0 Å². The maximum atomic E-state index is 6.44. The molecule has 3 rings (SSSR count). The van der Waals surface area contributed by atoms with Crippen molar-refractivity contribution in [2.45, 2.75) is 37.8 Å². The summed E-state index contributed by atoms with van der Waals surface area (Å²) < 4.78 is 6.06.